The number of amides is 1. The summed E-state index contributed by atoms with van der Waals surface area (Å²) in [7, 11) is 0. The molecule has 5 nitrogen and oxygen atoms in total. The van der Waals surface area contributed by atoms with Gasteiger partial charge in [-0.15, -0.1) is 0 Å². The summed E-state index contributed by atoms with van der Waals surface area (Å²) in [6.45, 7) is 1.58. The van der Waals surface area contributed by atoms with Crippen LogP contribution in [0.25, 0.3) is 0 Å². The molecule has 29 heavy (non-hydrogen) atoms. The number of hydrogen-bond acceptors (Lipinski definition) is 4. The van der Waals surface area contributed by atoms with Gasteiger partial charge < -0.3 is 9.64 Å². The van der Waals surface area contributed by atoms with Gasteiger partial charge >= 0.3 is 6.18 Å². The summed E-state index contributed by atoms with van der Waals surface area (Å²) in [6, 6.07) is 15.8. The molecule has 0 aliphatic carbocycles. The average Bonchev–Trinajstić information content (AvgIpc) is 2.73. The van der Waals surface area contributed by atoms with Gasteiger partial charge in [0.2, 0.25) is 0 Å². The van der Waals surface area contributed by atoms with Crippen LogP contribution in [0.2, 0.25) is 0 Å². The molecule has 1 fully saturated rings. The molecule has 1 heterocycles. The third kappa shape index (κ3) is 5.27. The van der Waals surface area contributed by atoms with Crippen LogP contribution in [0.3, 0.4) is 0 Å². The highest BCUT2D eigenvalue weighted by atomic mass is 19.4. The number of halogens is 3. The van der Waals surface area contributed by atoms with Crippen LogP contribution < -0.4 is 4.74 Å². The minimum absolute atomic E-state index is 0.000401. The van der Waals surface area contributed by atoms with E-state index in [1.54, 1.807) is 4.90 Å². The fourth-order valence-electron chi connectivity index (χ4n) is 3.23. The van der Waals surface area contributed by atoms with Gasteiger partial charge in [0, 0.05) is 26.2 Å². The Bertz CT molecular complexity index is 873. The number of carbonyl (C=O) groups is 1. The lowest BCUT2D eigenvalue weighted by molar-refractivity contribution is -0.137. The van der Waals surface area contributed by atoms with E-state index < -0.39 is 11.7 Å². The molecule has 0 radical (unpaired) electrons. The Kier molecular flexibility index (Phi) is 6.39. The minimum atomic E-state index is -4.46. The number of nitriles is 1. The first-order chi connectivity index (χ1) is 13.9. The second-order valence-electron chi connectivity index (χ2n) is 6.67. The molecule has 1 unspecified atom stereocenters. The van der Waals surface area contributed by atoms with Crippen LogP contribution in [0.15, 0.2) is 54.6 Å². The summed E-state index contributed by atoms with van der Waals surface area (Å²) in [5.74, 6) is -0.296. The lowest BCUT2D eigenvalue weighted by Gasteiger charge is -2.37. The zero-order valence-corrected chi connectivity index (χ0v) is 15.6. The molecule has 1 amide bonds. The van der Waals surface area contributed by atoms with Crippen molar-refractivity contribution in [1.82, 2.24) is 9.80 Å². The van der Waals surface area contributed by atoms with Crippen molar-refractivity contribution in [2.24, 2.45) is 0 Å². The van der Waals surface area contributed by atoms with Gasteiger partial charge in [0.15, 0.2) is 6.61 Å². The number of piperazine rings is 1. The molecule has 1 aliphatic heterocycles. The van der Waals surface area contributed by atoms with Gasteiger partial charge in [0.05, 0.1) is 11.6 Å². The SMILES string of the molecule is N#CC(c1ccccc1)N1CCN(C(=O)COc2cccc(C(F)(F)F)c2)CC1. The van der Waals surface area contributed by atoms with Crippen LogP contribution in [0.4, 0.5) is 13.2 Å². The number of rotatable bonds is 5. The minimum Gasteiger partial charge on any atom is -0.484 e. The Labute approximate surface area is 166 Å². The predicted molar refractivity (Wildman–Crippen MR) is 99.9 cm³/mol. The lowest BCUT2D eigenvalue weighted by atomic mass is 10.1. The lowest BCUT2D eigenvalue weighted by Crippen LogP contribution is -2.50. The maximum absolute atomic E-state index is 12.8. The van der Waals surface area contributed by atoms with Crippen molar-refractivity contribution in [2.75, 3.05) is 32.8 Å². The van der Waals surface area contributed by atoms with Gasteiger partial charge in [-0.3, -0.25) is 9.69 Å². The Morgan fingerprint density at radius 1 is 1.07 bits per heavy atom. The predicted octanol–water partition coefficient (Wildman–Crippen LogP) is 3.49. The molecule has 0 spiro atoms. The van der Waals surface area contributed by atoms with Gasteiger partial charge in [0.25, 0.3) is 5.91 Å². The van der Waals surface area contributed by atoms with E-state index in [1.807, 2.05) is 35.2 Å². The van der Waals surface area contributed by atoms with Crippen molar-refractivity contribution >= 4 is 5.91 Å². The smallest absolute Gasteiger partial charge is 0.416 e. The monoisotopic (exact) mass is 403 g/mol. The van der Waals surface area contributed by atoms with E-state index in [0.29, 0.717) is 26.2 Å². The van der Waals surface area contributed by atoms with Crippen molar-refractivity contribution < 1.29 is 22.7 Å². The van der Waals surface area contributed by atoms with Gasteiger partial charge in [-0.05, 0) is 23.8 Å². The third-order valence-corrected chi connectivity index (χ3v) is 4.79. The molecule has 0 saturated carbocycles. The van der Waals surface area contributed by atoms with Gasteiger partial charge in [0.1, 0.15) is 11.8 Å². The Morgan fingerprint density at radius 2 is 1.76 bits per heavy atom. The summed E-state index contributed by atoms with van der Waals surface area (Å²) in [5.41, 5.74) is 0.0853. The second kappa shape index (κ2) is 8.97. The first-order valence-corrected chi connectivity index (χ1v) is 9.15. The van der Waals surface area contributed by atoms with Crippen molar-refractivity contribution in [3.05, 3.63) is 65.7 Å². The van der Waals surface area contributed by atoms with Crippen molar-refractivity contribution in [2.45, 2.75) is 12.2 Å². The highest BCUT2D eigenvalue weighted by molar-refractivity contribution is 5.77. The summed E-state index contributed by atoms with van der Waals surface area (Å²) in [4.78, 5) is 16.0. The molecule has 0 N–H and O–H groups in total. The van der Waals surface area contributed by atoms with Crippen LogP contribution in [0.5, 0.6) is 5.75 Å². The number of benzene rings is 2. The fourth-order valence-corrected chi connectivity index (χ4v) is 3.23. The van der Waals surface area contributed by atoms with Crippen LogP contribution in [0, 0.1) is 11.3 Å². The first-order valence-electron chi connectivity index (χ1n) is 9.15. The molecule has 2 aromatic carbocycles. The molecule has 0 aromatic heterocycles. The third-order valence-electron chi connectivity index (χ3n) is 4.79. The van der Waals surface area contributed by atoms with E-state index >= 15 is 0 Å². The number of alkyl halides is 3. The zero-order valence-electron chi connectivity index (χ0n) is 15.6. The Hall–Kier alpha value is -3.05. The van der Waals surface area contributed by atoms with E-state index in [9.17, 15) is 23.2 Å². The molecule has 0 bridgehead atoms. The van der Waals surface area contributed by atoms with Crippen LogP contribution in [-0.2, 0) is 11.0 Å². The highest BCUT2D eigenvalue weighted by Crippen LogP contribution is 2.31. The largest absolute Gasteiger partial charge is 0.484 e. The van der Waals surface area contributed by atoms with Crippen LogP contribution in [-0.4, -0.2) is 48.5 Å². The molecule has 152 valence electrons. The van der Waals surface area contributed by atoms with E-state index in [1.165, 1.54) is 12.1 Å². The topological polar surface area (TPSA) is 56.6 Å². The molecule has 3 rings (SSSR count). The quantitative estimate of drug-likeness (QED) is 0.767. The van der Waals surface area contributed by atoms with Crippen LogP contribution in [0.1, 0.15) is 17.2 Å². The van der Waals surface area contributed by atoms with Gasteiger partial charge in [-0.1, -0.05) is 36.4 Å². The molecular weight excluding hydrogens is 383 g/mol. The molecule has 2 aromatic rings. The van der Waals surface area contributed by atoms with Crippen molar-refractivity contribution in [1.29, 1.82) is 5.26 Å². The first kappa shape index (κ1) is 20.7. The van der Waals surface area contributed by atoms with E-state index in [2.05, 4.69) is 6.07 Å². The normalized spacial score (nSPS) is 16.1. The fraction of sp³-hybridized carbons (Fsp3) is 0.333. The summed E-state index contributed by atoms with van der Waals surface area (Å²) < 4.78 is 43.5. The highest BCUT2D eigenvalue weighted by Gasteiger charge is 2.31. The maximum Gasteiger partial charge on any atom is 0.416 e. The van der Waals surface area contributed by atoms with Crippen LogP contribution >= 0.6 is 0 Å². The van der Waals surface area contributed by atoms with Crippen molar-refractivity contribution in [3.8, 4) is 11.8 Å². The summed E-state index contributed by atoms with van der Waals surface area (Å²) in [5, 5.41) is 9.52. The molecule has 1 atom stereocenters. The number of carbonyl (C=O) groups excluding carboxylic acids is 1. The number of nitrogens with zero attached hydrogens (tertiary/aromatic N) is 3. The average molecular weight is 403 g/mol. The van der Waals surface area contributed by atoms with Gasteiger partial charge in [-0.25, -0.2) is 0 Å². The standard InChI is InChI=1S/C21H20F3N3O2/c22-21(23,24)17-7-4-8-18(13-17)29-15-20(28)27-11-9-26(10-12-27)19(14-25)16-5-2-1-3-6-16/h1-8,13,19H,9-12,15H2. The molecule has 1 aliphatic rings. The second-order valence-corrected chi connectivity index (χ2v) is 6.67. The summed E-state index contributed by atoms with van der Waals surface area (Å²) in [6.07, 6.45) is -4.46. The molecule has 1 saturated heterocycles. The van der Waals surface area contributed by atoms with E-state index in [0.717, 1.165) is 17.7 Å². The Morgan fingerprint density at radius 3 is 2.38 bits per heavy atom. The molecule has 8 heteroatoms. The number of ether oxygens (including phenoxy) is 1. The maximum atomic E-state index is 12.8. The Balaban J connectivity index is 1.52. The van der Waals surface area contributed by atoms with Crippen molar-refractivity contribution in [3.63, 3.8) is 0 Å². The van der Waals surface area contributed by atoms with Gasteiger partial charge in [-0.2, -0.15) is 18.4 Å². The number of hydrogen-bond donors (Lipinski definition) is 0. The summed E-state index contributed by atoms with van der Waals surface area (Å²) >= 11 is 0. The van der Waals surface area contributed by atoms with E-state index in [-0.39, 0.29) is 24.3 Å². The van der Waals surface area contributed by atoms with E-state index in [4.69, 9.17) is 4.74 Å². The molecular formula is C21H20F3N3O2. The zero-order chi connectivity index (χ0) is 20.9.